The maximum Gasteiger partial charge on any atom is 0.255 e. The lowest BCUT2D eigenvalue weighted by atomic mass is 10.2. The molecule has 0 heterocycles. The van der Waals surface area contributed by atoms with Crippen molar-refractivity contribution in [3.05, 3.63) is 23.5 Å². The van der Waals surface area contributed by atoms with Gasteiger partial charge in [-0.15, -0.1) is 0 Å². The second-order valence-corrected chi connectivity index (χ2v) is 2.78. The van der Waals surface area contributed by atoms with Crippen LogP contribution in [0.3, 0.4) is 0 Å². The van der Waals surface area contributed by atoms with Crippen molar-refractivity contribution in [2.75, 3.05) is 14.2 Å². The van der Waals surface area contributed by atoms with Crippen molar-refractivity contribution in [3.8, 4) is 11.5 Å². The van der Waals surface area contributed by atoms with Crippen molar-refractivity contribution in [2.45, 2.75) is 0 Å². The number of methoxy groups -OCH3 is 2. The molecule has 1 rings (SSSR count). The predicted molar refractivity (Wildman–Crippen MR) is 49.7 cm³/mol. The summed E-state index contributed by atoms with van der Waals surface area (Å²) in [6.07, 6.45) is 0. The summed E-state index contributed by atoms with van der Waals surface area (Å²) in [6, 6.07) is 2.66. The molecule has 0 N–H and O–H groups in total. The third kappa shape index (κ3) is 1.80. The Hall–Kier alpha value is -1.29. The van der Waals surface area contributed by atoms with Crippen LogP contribution in [0, 0.1) is 5.82 Å². The molecule has 5 heteroatoms. The second kappa shape index (κ2) is 4.28. The Morgan fingerprint density at radius 1 is 1.36 bits per heavy atom. The standard InChI is InChI=1S/C9H8ClFO3/c1-13-6-4-3-5(9(10)12)7(11)8(6)14-2/h3-4H,1-2H3. The zero-order valence-electron chi connectivity index (χ0n) is 7.64. The number of rotatable bonds is 3. The smallest absolute Gasteiger partial charge is 0.255 e. The van der Waals surface area contributed by atoms with Gasteiger partial charge in [0.15, 0.2) is 17.3 Å². The SMILES string of the molecule is COc1ccc(C(=O)Cl)c(F)c1OC. The van der Waals surface area contributed by atoms with Crippen LogP contribution in [0.4, 0.5) is 4.39 Å². The number of hydrogen-bond acceptors (Lipinski definition) is 3. The van der Waals surface area contributed by atoms with Gasteiger partial charge in [0.25, 0.3) is 5.24 Å². The first-order valence-corrected chi connectivity index (χ1v) is 4.10. The van der Waals surface area contributed by atoms with E-state index in [0.29, 0.717) is 0 Å². The lowest BCUT2D eigenvalue weighted by Crippen LogP contribution is -2.00. The minimum Gasteiger partial charge on any atom is -0.493 e. The molecule has 0 amide bonds. The first-order valence-electron chi connectivity index (χ1n) is 3.72. The number of halogens is 2. The predicted octanol–water partition coefficient (Wildman–Crippen LogP) is 2.22. The van der Waals surface area contributed by atoms with Crippen LogP contribution in [0.25, 0.3) is 0 Å². The summed E-state index contributed by atoms with van der Waals surface area (Å²) >= 11 is 5.16. The van der Waals surface area contributed by atoms with Gasteiger partial charge in [0.2, 0.25) is 0 Å². The first-order chi connectivity index (χ1) is 6.61. The Kier molecular flexibility index (Phi) is 3.30. The van der Waals surface area contributed by atoms with E-state index in [0.717, 1.165) is 0 Å². The summed E-state index contributed by atoms with van der Waals surface area (Å²) in [5.74, 6) is -0.725. The van der Waals surface area contributed by atoms with Crippen LogP contribution in [0.1, 0.15) is 10.4 Å². The fraction of sp³-hybridized carbons (Fsp3) is 0.222. The van der Waals surface area contributed by atoms with E-state index in [9.17, 15) is 9.18 Å². The second-order valence-electron chi connectivity index (χ2n) is 2.44. The molecule has 0 aromatic heterocycles. The van der Waals surface area contributed by atoms with Crippen LogP contribution in [0.15, 0.2) is 12.1 Å². The molecule has 3 nitrogen and oxygen atoms in total. The van der Waals surface area contributed by atoms with Crippen molar-refractivity contribution in [1.29, 1.82) is 0 Å². The quantitative estimate of drug-likeness (QED) is 0.730. The molecule has 0 aliphatic rings. The fourth-order valence-corrected chi connectivity index (χ4v) is 1.19. The maximum absolute atomic E-state index is 13.5. The zero-order chi connectivity index (χ0) is 10.7. The largest absolute Gasteiger partial charge is 0.493 e. The van der Waals surface area contributed by atoms with E-state index in [2.05, 4.69) is 0 Å². The van der Waals surface area contributed by atoms with Crippen LogP contribution in [0.5, 0.6) is 11.5 Å². The lowest BCUT2D eigenvalue weighted by Gasteiger charge is -2.09. The molecule has 1 aromatic carbocycles. The molecular formula is C9H8ClFO3. The molecule has 0 atom stereocenters. The van der Waals surface area contributed by atoms with E-state index in [4.69, 9.17) is 21.1 Å². The van der Waals surface area contributed by atoms with Crippen molar-refractivity contribution >= 4 is 16.8 Å². The van der Waals surface area contributed by atoms with Gasteiger partial charge in [-0.3, -0.25) is 4.79 Å². The highest BCUT2D eigenvalue weighted by Gasteiger charge is 2.18. The lowest BCUT2D eigenvalue weighted by molar-refractivity contribution is 0.107. The van der Waals surface area contributed by atoms with Gasteiger partial charge in [-0.1, -0.05) is 0 Å². The van der Waals surface area contributed by atoms with E-state index in [1.807, 2.05) is 0 Å². The minimum absolute atomic E-state index is 0.126. The van der Waals surface area contributed by atoms with Gasteiger partial charge in [0.05, 0.1) is 19.8 Å². The van der Waals surface area contributed by atoms with Crippen LogP contribution in [0.2, 0.25) is 0 Å². The van der Waals surface area contributed by atoms with Crippen LogP contribution < -0.4 is 9.47 Å². The number of carbonyl (C=O) groups excluding carboxylic acids is 1. The van der Waals surface area contributed by atoms with Gasteiger partial charge < -0.3 is 9.47 Å². The molecule has 1 aromatic rings. The summed E-state index contributed by atoms with van der Waals surface area (Å²) < 4.78 is 23.0. The Morgan fingerprint density at radius 3 is 2.43 bits per heavy atom. The monoisotopic (exact) mass is 218 g/mol. The van der Waals surface area contributed by atoms with E-state index in [-0.39, 0.29) is 17.1 Å². The Morgan fingerprint density at radius 2 is 2.00 bits per heavy atom. The van der Waals surface area contributed by atoms with E-state index < -0.39 is 11.1 Å². The van der Waals surface area contributed by atoms with Crippen molar-refractivity contribution in [3.63, 3.8) is 0 Å². The van der Waals surface area contributed by atoms with E-state index in [1.54, 1.807) is 0 Å². The molecule has 0 aliphatic carbocycles. The molecule has 0 aliphatic heterocycles. The number of ether oxygens (including phenoxy) is 2. The topological polar surface area (TPSA) is 35.5 Å². The molecule has 0 spiro atoms. The van der Waals surface area contributed by atoms with E-state index in [1.165, 1.54) is 26.4 Å². The molecule has 0 unspecified atom stereocenters. The molecule has 0 bridgehead atoms. The molecule has 0 saturated heterocycles. The summed E-state index contributed by atoms with van der Waals surface area (Å²) in [7, 11) is 2.66. The number of hydrogen-bond donors (Lipinski definition) is 0. The molecular weight excluding hydrogens is 211 g/mol. The molecule has 0 fully saturated rings. The Labute approximate surface area is 85.4 Å². The van der Waals surface area contributed by atoms with E-state index >= 15 is 0 Å². The highest BCUT2D eigenvalue weighted by Crippen LogP contribution is 2.32. The van der Waals surface area contributed by atoms with Gasteiger partial charge in [-0.2, -0.15) is 0 Å². The van der Waals surface area contributed by atoms with Crippen molar-refractivity contribution in [1.82, 2.24) is 0 Å². The summed E-state index contributed by atoms with van der Waals surface area (Å²) in [4.78, 5) is 10.8. The zero-order valence-corrected chi connectivity index (χ0v) is 8.39. The molecule has 76 valence electrons. The average Bonchev–Trinajstić information content (AvgIpc) is 2.16. The Balaban J connectivity index is 3.34. The van der Waals surface area contributed by atoms with Crippen LogP contribution in [-0.2, 0) is 0 Å². The third-order valence-electron chi connectivity index (χ3n) is 1.70. The highest BCUT2D eigenvalue weighted by atomic mass is 35.5. The summed E-state index contributed by atoms with van der Waals surface area (Å²) in [5, 5.41) is -0.872. The van der Waals surface area contributed by atoms with Gasteiger partial charge in [-0.25, -0.2) is 4.39 Å². The maximum atomic E-state index is 13.5. The average molecular weight is 219 g/mol. The Bertz CT molecular complexity index is 365. The van der Waals surface area contributed by atoms with Crippen molar-refractivity contribution < 1.29 is 18.7 Å². The highest BCUT2D eigenvalue weighted by molar-refractivity contribution is 6.67. The first kappa shape index (κ1) is 10.8. The van der Waals surface area contributed by atoms with Gasteiger partial charge >= 0.3 is 0 Å². The minimum atomic E-state index is -0.872. The molecule has 0 saturated carbocycles. The molecule has 0 radical (unpaired) electrons. The summed E-state index contributed by atoms with van der Waals surface area (Å²) in [5.41, 5.74) is -0.232. The van der Waals surface area contributed by atoms with Gasteiger partial charge in [0, 0.05) is 0 Å². The normalized spacial score (nSPS) is 9.71. The molecule has 14 heavy (non-hydrogen) atoms. The number of carbonyl (C=O) groups is 1. The van der Waals surface area contributed by atoms with Crippen LogP contribution >= 0.6 is 11.6 Å². The third-order valence-corrected chi connectivity index (χ3v) is 1.90. The number of benzene rings is 1. The van der Waals surface area contributed by atoms with Crippen molar-refractivity contribution in [2.24, 2.45) is 0 Å². The van der Waals surface area contributed by atoms with Gasteiger partial charge in [0.1, 0.15) is 0 Å². The van der Waals surface area contributed by atoms with Crippen LogP contribution in [-0.4, -0.2) is 19.5 Å². The van der Waals surface area contributed by atoms with Gasteiger partial charge in [-0.05, 0) is 23.7 Å². The summed E-state index contributed by atoms with van der Waals surface area (Å²) in [6.45, 7) is 0. The fourth-order valence-electron chi connectivity index (χ4n) is 1.04.